The largest absolute Gasteiger partial charge is 0.377 e. The molecule has 0 aliphatic carbocycles. The zero-order chi connectivity index (χ0) is 11.4. The predicted molar refractivity (Wildman–Crippen MR) is 65.8 cm³/mol. The van der Waals surface area contributed by atoms with Crippen molar-refractivity contribution < 1.29 is 4.74 Å². The van der Waals surface area contributed by atoms with Crippen LogP contribution in [0, 0.1) is 6.07 Å². The minimum atomic E-state index is 0.450. The van der Waals surface area contributed by atoms with Crippen molar-refractivity contribution in [2.45, 2.75) is 6.04 Å². The lowest BCUT2D eigenvalue weighted by Gasteiger charge is -2.38. The molecule has 2 rings (SSSR count). The maximum atomic E-state index is 5.56. The van der Waals surface area contributed by atoms with E-state index in [1.165, 1.54) is 5.69 Å². The number of likely N-dealkylation sites (N-methyl/N-ethyl adjacent to an activating group) is 1. The van der Waals surface area contributed by atoms with Crippen molar-refractivity contribution in [2.75, 3.05) is 45.3 Å². The summed E-state index contributed by atoms with van der Waals surface area (Å²) >= 11 is 0. The highest BCUT2D eigenvalue weighted by molar-refractivity contribution is 5.47. The molecule has 1 aliphatic rings. The molecule has 1 fully saturated rings. The summed E-state index contributed by atoms with van der Waals surface area (Å²) in [5.41, 5.74) is 1.27. The second-order valence-electron chi connectivity index (χ2n) is 4.44. The number of rotatable bonds is 3. The maximum absolute atomic E-state index is 5.56. The van der Waals surface area contributed by atoms with Crippen LogP contribution in [0.2, 0.25) is 0 Å². The van der Waals surface area contributed by atoms with Gasteiger partial charge < -0.3 is 14.5 Å². The average Bonchev–Trinajstić information content (AvgIpc) is 2.30. The van der Waals surface area contributed by atoms with E-state index in [1.54, 1.807) is 0 Å². The van der Waals surface area contributed by atoms with Crippen molar-refractivity contribution in [3.8, 4) is 0 Å². The molecule has 0 aromatic heterocycles. The first-order valence-electron chi connectivity index (χ1n) is 5.72. The molecule has 1 aliphatic heterocycles. The van der Waals surface area contributed by atoms with E-state index < -0.39 is 0 Å². The molecule has 16 heavy (non-hydrogen) atoms. The molecule has 1 radical (unpaired) electrons. The molecule has 1 saturated heterocycles. The molecule has 1 aromatic rings. The second-order valence-corrected chi connectivity index (χ2v) is 4.44. The van der Waals surface area contributed by atoms with Crippen LogP contribution in [0.1, 0.15) is 0 Å². The quantitative estimate of drug-likeness (QED) is 0.761. The molecule has 1 unspecified atom stereocenters. The van der Waals surface area contributed by atoms with Crippen molar-refractivity contribution >= 4 is 5.69 Å². The van der Waals surface area contributed by atoms with Crippen LogP contribution >= 0.6 is 0 Å². The smallest absolute Gasteiger partial charge is 0.0683 e. The molecule has 3 nitrogen and oxygen atoms in total. The molecular formula is C13H19N2O. The molecule has 0 bridgehead atoms. The third-order valence-electron chi connectivity index (χ3n) is 2.84. The number of benzene rings is 1. The fourth-order valence-corrected chi connectivity index (χ4v) is 2.14. The normalized spacial score (nSPS) is 21.4. The maximum Gasteiger partial charge on any atom is 0.0683 e. The van der Waals surface area contributed by atoms with Crippen molar-refractivity contribution in [1.29, 1.82) is 0 Å². The number of morpholine rings is 1. The van der Waals surface area contributed by atoms with E-state index >= 15 is 0 Å². The standard InChI is InChI=1S/C13H19N2O/c1-14(2)10-13-11-16-9-8-15(13)12-6-4-3-5-7-12/h4-7,13H,8-11H2,1-2H3. The van der Waals surface area contributed by atoms with Crippen LogP contribution < -0.4 is 4.90 Å². The Morgan fingerprint density at radius 3 is 2.88 bits per heavy atom. The lowest BCUT2D eigenvalue weighted by atomic mass is 10.2. The van der Waals surface area contributed by atoms with Gasteiger partial charge in [0.1, 0.15) is 0 Å². The topological polar surface area (TPSA) is 15.7 Å². The van der Waals surface area contributed by atoms with Crippen LogP contribution in [0.15, 0.2) is 24.3 Å². The molecule has 0 spiro atoms. The first kappa shape index (κ1) is 11.4. The number of nitrogens with zero attached hydrogens (tertiary/aromatic N) is 2. The van der Waals surface area contributed by atoms with Crippen LogP contribution in [0.5, 0.6) is 0 Å². The summed E-state index contributed by atoms with van der Waals surface area (Å²) in [5, 5.41) is 0. The molecule has 1 atom stereocenters. The van der Waals surface area contributed by atoms with Crippen LogP contribution in [-0.4, -0.2) is 51.3 Å². The van der Waals surface area contributed by atoms with Gasteiger partial charge in [-0.3, -0.25) is 0 Å². The second kappa shape index (κ2) is 5.32. The Bertz CT molecular complexity index is 313. The molecule has 1 heterocycles. The Morgan fingerprint density at radius 1 is 1.44 bits per heavy atom. The van der Waals surface area contributed by atoms with Gasteiger partial charge in [-0.05, 0) is 32.3 Å². The average molecular weight is 219 g/mol. The van der Waals surface area contributed by atoms with Gasteiger partial charge in [0.2, 0.25) is 0 Å². The minimum absolute atomic E-state index is 0.450. The minimum Gasteiger partial charge on any atom is -0.377 e. The van der Waals surface area contributed by atoms with E-state index in [0.29, 0.717) is 6.04 Å². The van der Waals surface area contributed by atoms with Crippen LogP contribution in [0.25, 0.3) is 0 Å². The van der Waals surface area contributed by atoms with E-state index in [9.17, 15) is 0 Å². The molecule has 1 aromatic carbocycles. The van der Waals surface area contributed by atoms with Crippen molar-refractivity contribution in [3.05, 3.63) is 30.3 Å². The summed E-state index contributed by atoms with van der Waals surface area (Å²) in [6.45, 7) is 3.64. The van der Waals surface area contributed by atoms with Gasteiger partial charge in [0.05, 0.1) is 19.3 Å². The number of anilines is 1. The van der Waals surface area contributed by atoms with Crippen LogP contribution in [-0.2, 0) is 4.74 Å². The first-order chi connectivity index (χ1) is 7.77. The summed E-state index contributed by atoms with van der Waals surface area (Å²) in [6.07, 6.45) is 0. The lowest BCUT2D eigenvalue weighted by Crippen LogP contribution is -2.50. The molecule has 0 amide bonds. The van der Waals surface area contributed by atoms with Gasteiger partial charge >= 0.3 is 0 Å². The third kappa shape index (κ3) is 2.74. The van der Waals surface area contributed by atoms with Crippen molar-refractivity contribution in [3.63, 3.8) is 0 Å². The van der Waals surface area contributed by atoms with E-state index in [0.717, 1.165) is 26.3 Å². The van der Waals surface area contributed by atoms with E-state index in [1.807, 2.05) is 12.1 Å². The number of ether oxygens (including phenoxy) is 1. The van der Waals surface area contributed by atoms with Gasteiger partial charge in [0.25, 0.3) is 0 Å². The van der Waals surface area contributed by atoms with Gasteiger partial charge in [-0.15, -0.1) is 0 Å². The van der Waals surface area contributed by atoms with E-state index in [2.05, 4.69) is 42.1 Å². The van der Waals surface area contributed by atoms with Gasteiger partial charge in [-0.2, -0.15) is 0 Å². The highest BCUT2D eigenvalue weighted by Crippen LogP contribution is 2.19. The highest BCUT2D eigenvalue weighted by atomic mass is 16.5. The number of hydrogen-bond donors (Lipinski definition) is 0. The first-order valence-corrected chi connectivity index (χ1v) is 5.72. The Balaban J connectivity index is 2.10. The SMILES string of the molecule is CN(C)CC1COCCN1c1cc[c]cc1. The summed E-state index contributed by atoms with van der Waals surface area (Å²) < 4.78 is 5.56. The van der Waals surface area contributed by atoms with Gasteiger partial charge in [0, 0.05) is 18.8 Å². The van der Waals surface area contributed by atoms with Gasteiger partial charge in [-0.1, -0.05) is 12.1 Å². The molecule has 0 N–H and O–H groups in total. The van der Waals surface area contributed by atoms with Crippen LogP contribution in [0.4, 0.5) is 5.69 Å². The van der Waals surface area contributed by atoms with Crippen LogP contribution in [0.3, 0.4) is 0 Å². The summed E-state index contributed by atoms with van der Waals surface area (Å²) in [5.74, 6) is 0. The highest BCUT2D eigenvalue weighted by Gasteiger charge is 2.23. The zero-order valence-electron chi connectivity index (χ0n) is 10.0. The zero-order valence-corrected chi connectivity index (χ0v) is 10.0. The van der Waals surface area contributed by atoms with Gasteiger partial charge in [0.15, 0.2) is 0 Å². The molecule has 87 valence electrons. The summed E-state index contributed by atoms with van der Waals surface area (Å²) in [7, 11) is 4.21. The molecular weight excluding hydrogens is 200 g/mol. The van der Waals surface area contributed by atoms with E-state index in [4.69, 9.17) is 4.74 Å². The summed E-state index contributed by atoms with van der Waals surface area (Å²) in [4.78, 5) is 4.64. The molecule has 0 saturated carbocycles. The summed E-state index contributed by atoms with van der Waals surface area (Å²) in [6, 6.07) is 11.7. The lowest BCUT2D eigenvalue weighted by molar-refractivity contribution is 0.0855. The number of hydrogen-bond acceptors (Lipinski definition) is 3. The fourth-order valence-electron chi connectivity index (χ4n) is 2.14. The monoisotopic (exact) mass is 219 g/mol. The Labute approximate surface area is 97.6 Å². The molecule has 3 heteroatoms. The third-order valence-corrected chi connectivity index (χ3v) is 2.84. The predicted octanol–water partition coefficient (Wildman–Crippen LogP) is 1.25. The van der Waals surface area contributed by atoms with Crippen molar-refractivity contribution in [2.24, 2.45) is 0 Å². The Kier molecular flexibility index (Phi) is 3.80. The Morgan fingerprint density at radius 2 is 2.19 bits per heavy atom. The fraction of sp³-hybridized carbons (Fsp3) is 0.538. The van der Waals surface area contributed by atoms with Gasteiger partial charge in [-0.25, -0.2) is 0 Å². The van der Waals surface area contributed by atoms with E-state index in [-0.39, 0.29) is 0 Å². The van der Waals surface area contributed by atoms with Crippen molar-refractivity contribution in [1.82, 2.24) is 4.90 Å². The Hall–Kier alpha value is -1.06.